The Morgan fingerprint density at radius 3 is 2.69 bits per heavy atom. The number of alkyl halides is 1. The van der Waals surface area contributed by atoms with Crippen molar-refractivity contribution in [1.82, 2.24) is 15.3 Å². The van der Waals surface area contributed by atoms with Gasteiger partial charge in [-0.25, -0.2) is 15.6 Å². The van der Waals surface area contributed by atoms with Gasteiger partial charge in [-0.3, -0.25) is 4.39 Å². The number of carbonyl (C=O) groups excluding carboxylic acids is 1. The normalized spacial score (nSPS) is 15.4. The van der Waals surface area contributed by atoms with Crippen LogP contribution in [0.3, 0.4) is 0 Å². The molecule has 0 bridgehead atoms. The number of amides is 1. The predicted molar refractivity (Wildman–Crippen MR) is 109 cm³/mol. The lowest BCUT2D eigenvalue weighted by Gasteiger charge is -2.24. The molecule has 29 heavy (non-hydrogen) atoms. The fourth-order valence-electron chi connectivity index (χ4n) is 3.17. The molecule has 9 heteroatoms. The number of hydrogen-bond acceptors (Lipinski definition) is 7. The summed E-state index contributed by atoms with van der Waals surface area (Å²) in [5.74, 6) is 6.63. The van der Waals surface area contributed by atoms with Crippen molar-refractivity contribution in [3.05, 3.63) is 29.2 Å². The van der Waals surface area contributed by atoms with Crippen LogP contribution in [0.1, 0.15) is 49.9 Å². The van der Waals surface area contributed by atoms with Crippen molar-refractivity contribution < 1.29 is 18.7 Å². The topological polar surface area (TPSA) is 116 Å². The molecule has 1 amide bonds. The Bertz CT molecular complexity index is 705. The van der Waals surface area contributed by atoms with Crippen LogP contribution in [0.25, 0.3) is 5.70 Å². The van der Waals surface area contributed by atoms with Gasteiger partial charge < -0.3 is 25.5 Å². The summed E-state index contributed by atoms with van der Waals surface area (Å²) in [6, 6.07) is 3.65. The Hall–Kier alpha value is -2.55. The number of pyridine rings is 1. The highest BCUT2D eigenvalue weighted by Crippen LogP contribution is 2.26. The largest absolute Gasteiger partial charge is 0.489 e. The SMILES string of the molecule is Cc1nc(/C(N)=C(\CNC(=O)OCCCF)N(C)N)ccc1OC1CCCCC1. The minimum Gasteiger partial charge on any atom is -0.489 e. The van der Waals surface area contributed by atoms with Gasteiger partial charge in [0.2, 0.25) is 0 Å². The van der Waals surface area contributed by atoms with Crippen LogP contribution in [0, 0.1) is 6.92 Å². The van der Waals surface area contributed by atoms with Crippen LogP contribution >= 0.6 is 0 Å². The Morgan fingerprint density at radius 1 is 1.34 bits per heavy atom. The molecule has 0 saturated heterocycles. The zero-order chi connectivity index (χ0) is 21.2. The molecule has 1 saturated carbocycles. The number of nitrogens with one attached hydrogen (secondary N) is 1. The van der Waals surface area contributed by atoms with Crippen molar-refractivity contribution in [1.29, 1.82) is 0 Å². The zero-order valence-electron chi connectivity index (χ0n) is 17.2. The minimum absolute atomic E-state index is 0.0124. The molecule has 1 aromatic rings. The van der Waals surface area contributed by atoms with Gasteiger partial charge in [0.1, 0.15) is 5.75 Å². The molecule has 0 atom stereocenters. The second-order valence-corrected chi connectivity index (χ2v) is 7.16. The van der Waals surface area contributed by atoms with Gasteiger partial charge in [-0.15, -0.1) is 0 Å². The third-order valence-electron chi connectivity index (χ3n) is 4.81. The fourth-order valence-corrected chi connectivity index (χ4v) is 3.17. The van der Waals surface area contributed by atoms with Crippen LogP contribution in [0.2, 0.25) is 0 Å². The lowest BCUT2D eigenvalue weighted by molar-refractivity contribution is 0.142. The summed E-state index contributed by atoms with van der Waals surface area (Å²) >= 11 is 0. The molecule has 2 rings (SSSR count). The molecule has 0 unspecified atom stereocenters. The smallest absolute Gasteiger partial charge is 0.407 e. The van der Waals surface area contributed by atoms with E-state index in [0.717, 1.165) is 24.3 Å². The number of aromatic nitrogens is 1. The molecule has 8 nitrogen and oxygen atoms in total. The van der Waals surface area contributed by atoms with E-state index >= 15 is 0 Å². The summed E-state index contributed by atoms with van der Waals surface area (Å²) < 4.78 is 23.0. The van der Waals surface area contributed by atoms with E-state index in [0.29, 0.717) is 17.1 Å². The van der Waals surface area contributed by atoms with Gasteiger partial charge in [0.25, 0.3) is 0 Å². The first-order chi connectivity index (χ1) is 13.9. The zero-order valence-corrected chi connectivity index (χ0v) is 17.2. The minimum atomic E-state index is -0.661. The van der Waals surface area contributed by atoms with Gasteiger partial charge in [0.05, 0.1) is 48.7 Å². The first-order valence-corrected chi connectivity index (χ1v) is 10.0. The highest BCUT2D eigenvalue weighted by molar-refractivity contribution is 5.69. The van der Waals surface area contributed by atoms with Crippen molar-refractivity contribution in [3.63, 3.8) is 0 Å². The number of alkyl carbamates (subject to hydrolysis) is 1. The predicted octanol–water partition coefficient (Wildman–Crippen LogP) is 2.62. The van der Waals surface area contributed by atoms with E-state index in [1.54, 1.807) is 13.1 Å². The second-order valence-electron chi connectivity index (χ2n) is 7.16. The fraction of sp³-hybridized carbons (Fsp3) is 0.600. The second kappa shape index (κ2) is 11.5. The van der Waals surface area contributed by atoms with Crippen molar-refractivity contribution in [2.24, 2.45) is 11.6 Å². The number of aryl methyl sites for hydroxylation is 1. The van der Waals surface area contributed by atoms with Crippen molar-refractivity contribution in [3.8, 4) is 5.75 Å². The van der Waals surface area contributed by atoms with Crippen LogP contribution in [-0.2, 0) is 4.74 Å². The summed E-state index contributed by atoms with van der Waals surface area (Å²) in [5.41, 5.74) is 8.36. The molecule has 1 aromatic heterocycles. The molecule has 0 aliphatic heterocycles. The molecule has 1 heterocycles. The molecule has 1 fully saturated rings. The molecule has 5 N–H and O–H groups in total. The molecule has 0 aromatic carbocycles. The number of ether oxygens (including phenoxy) is 2. The van der Waals surface area contributed by atoms with E-state index in [-0.39, 0.29) is 25.7 Å². The highest BCUT2D eigenvalue weighted by Gasteiger charge is 2.17. The van der Waals surface area contributed by atoms with Crippen LogP contribution in [0.15, 0.2) is 17.8 Å². The Kier molecular flexibility index (Phi) is 8.98. The number of nitrogens with zero attached hydrogens (tertiary/aromatic N) is 2. The third-order valence-corrected chi connectivity index (χ3v) is 4.81. The molecule has 1 aliphatic carbocycles. The number of carbonyl (C=O) groups is 1. The van der Waals surface area contributed by atoms with E-state index in [2.05, 4.69) is 10.3 Å². The molecule has 0 radical (unpaired) electrons. The lowest BCUT2D eigenvalue weighted by atomic mass is 9.98. The first kappa shape index (κ1) is 22.7. The van der Waals surface area contributed by atoms with Gasteiger partial charge in [-0.05, 0) is 44.7 Å². The standard InChI is InChI=1S/C20H32FN5O3/c1-14-18(29-15-7-4-3-5-8-15)10-9-16(25-14)19(22)17(26(2)23)13-24-20(27)28-12-6-11-21/h9-10,15H,3-8,11-13,22-23H2,1-2H3,(H,24,27)/b19-17-. The third kappa shape index (κ3) is 7.08. The van der Waals surface area contributed by atoms with E-state index < -0.39 is 12.8 Å². The van der Waals surface area contributed by atoms with Gasteiger partial charge in [0.15, 0.2) is 0 Å². The first-order valence-electron chi connectivity index (χ1n) is 10.0. The van der Waals surface area contributed by atoms with Gasteiger partial charge in [-0.2, -0.15) is 0 Å². The highest BCUT2D eigenvalue weighted by atomic mass is 19.1. The van der Waals surface area contributed by atoms with Gasteiger partial charge in [0, 0.05) is 13.5 Å². The van der Waals surface area contributed by atoms with Crippen LogP contribution in [-0.4, -0.2) is 49.1 Å². The van der Waals surface area contributed by atoms with Crippen LogP contribution < -0.4 is 21.6 Å². The molecule has 0 spiro atoms. The average Bonchev–Trinajstić information content (AvgIpc) is 2.70. The maximum atomic E-state index is 12.1. The quantitative estimate of drug-likeness (QED) is 0.326. The Balaban J connectivity index is 2.06. The van der Waals surface area contributed by atoms with Crippen molar-refractivity contribution in [2.75, 3.05) is 26.9 Å². The summed E-state index contributed by atoms with van der Waals surface area (Å²) in [4.78, 5) is 16.2. The maximum absolute atomic E-state index is 12.1. The summed E-state index contributed by atoms with van der Waals surface area (Å²) in [6.07, 6.45) is 5.53. The summed E-state index contributed by atoms with van der Waals surface area (Å²) in [6.45, 7) is 1.40. The van der Waals surface area contributed by atoms with E-state index in [9.17, 15) is 9.18 Å². The van der Waals surface area contributed by atoms with E-state index in [1.165, 1.54) is 24.3 Å². The average molecular weight is 410 g/mol. The van der Waals surface area contributed by atoms with Gasteiger partial charge >= 0.3 is 6.09 Å². The Morgan fingerprint density at radius 2 is 2.07 bits per heavy atom. The van der Waals surface area contributed by atoms with E-state index in [4.69, 9.17) is 21.1 Å². The number of hydrazine groups is 1. The number of hydrogen-bond donors (Lipinski definition) is 3. The molecular formula is C20H32FN5O3. The monoisotopic (exact) mass is 409 g/mol. The van der Waals surface area contributed by atoms with Gasteiger partial charge in [-0.1, -0.05) is 6.42 Å². The van der Waals surface area contributed by atoms with Crippen molar-refractivity contribution >= 4 is 11.8 Å². The number of rotatable bonds is 9. The number of nitrogens with two attached hydrogens (primary N) is 2. The van der Waals surface area contributed by atoms with Crippen LogP contribution in [0.4, 0.5) is 9.18 Å². The van der Waals surface area contributed by atoms with Crippen molar-refractivity contribution in [2.45, 2.75) is 51.6 Å². The Labute approximate surface area is 171 Å². The summed E-state index contributed by atoms with van der Waals surface area (Å²) in [5, 5.41) is 3.88. The molecule has 162 valence electrons. The number of likely N-dealkylation sites (N-methyl/N-ethyl adjacent to an activating group) is 1. The molecular weight excluding hydrogens is 377 g/mol. The van der Waals surface area contributed by atoms with Crippen LogP contribution in [0.5, 0.6) is 5.75 Å². The van der Waals surface area contributed by atoms with E-state index in [1.807, 2.05) is 13.0 Å². The lowest BCUT2D eigenvalue weighted by Crippen LogP contribution is -2.36. The molecule has 1 aliphatic rings. The maximum Gasteiger partial charge on any atom is 0.407 e. The summed E-state index contributed by atoms with van der Waals surface area (Å²) in [7, 11) is 1.62. The number of halogens is 1.